The molecule has 0 atom stereocenters. The minimum atomic E-state index is 0.879. The molecule has 0 unspecified atom stereocenters. The van der Waals surface area contributed by atoms with E-state index in [1.54, 1.807) is 0 Å². The minimum Gasteiger partial charge on any atom is -0.338 e. The molecule has 2 N–H and O–H groups in total. The first-order valence-corrected chi connectivity index (χ1v) is 8.69. The van der Waals surface area contributed by atoms with E-state index in [2.05, 4.69) is 22.3 Å². The van der Waals surface area contributed by atoms with Crippen molar-refractivity contribution in [3.63, 3.8) is 0 Å². The molecule has 1 aliphatic carbocycles. The lowest BCUT2D eigenvalue weighted by atomic mass is 9.94. The van der Waals surface area contributed by atoms with Crippen LogP contribution in [-0.4, -0.2) is 42.2 Å². The van der Waals surface area contributed by atoms with Gasteiger partial charge in [-0.25, -0.2) is 0 Å². The summed E-state index contributed by atoms with van der Waals surface area (Å²) in [5, 5.41) is 4.23. The summed E-state index contributed by atoms with van der Waals surface area (Å²) in [7, 11) is 0. The van der Waals surface area contributed by atoms with E-state index in [-0.39, 0.29) is 0 Å². The third-order valence-electron chi connectivity index (χ3n) is 4.90. The van der Waals surface area contributed by atoms with E-state index in [0.717, 1.165) is 29.9 Å². The van der Waals surface area contributed by atoms with Gasteiger partial charge in [0.2, 0.25) is 0 Å². The van der Waals surface area contributed by atoms with Crippen LogP contribution < -0.4 is 10.2 Å². The van der Waals surface area contributed by atoms with E-state index in [0.29, 0.717) is 0 Å². The van der Waals surface area contributed by atoms with Crippen molar-refractivity contribution >= 4 is 23.0 Å². The number of benzene rings is 1. The average Bonchev–Trinajstić information content (AvgIpc) is 2.57. The lowest BCUT2D eigenvalue weighted by molar-refractivity contribution is -0.930. The molecule has 4 heteroatoms. The summed E-state index contributed by atoms with van der Waals surface area (Å²) in [6.07, 6.45) is 7.18. The molecule has 0 amide bonds. The highest BCUT2D eigenvalue weighted by Crippen LogP contribution is 2.15. The minimum absolute atomic E-state index is 0.879. The first-order valence-electron chi connectivity index (χ1n) is 8.28. The molecule has 0 radical (unpaired) electrons. The van der Waals surface area contributed by atoms with Crippen molar-refractivity contribution in [2.24, 2.45) is 0 Å². The number of nitrogens with zero attached hydrogens (tertiary/aromatic N) is 1. The van der Waals surface area contributed by atoms with Crippen LogP contribution in [0.5, 0.6) is 0 Å². The second-order valence-corrected chi connectivity index (χ2v) is 6.66. The van der Waals surface area contributed by atoms with Crippen LogP contribution in [0.15, 0.2) is 30.3 Å². The summed E-state index contributed by atoms with van der Waals surface area (Å²) in [4.78, 5) is 4.14. The number of anilines is 1. The Kier molecular flexibility index (Phi) is 5.09. The van der Waals surface area contributed by atoms with Gasteiger partial charge in [0.1, 0.15) is 0 Å². The second-order valence-electron chi connectivity index (χ2n) is 6.28. The van der Waals surface area contributed by atoms with Crippen molar-refractivity contribution in [1.82, 2.24) is 4.90 Å². The maximum Gasteiger partial charge on any atom is 0.173 e. The number of rotatable bonds is 2. The fourth-order valence-corrected chi connectivity index (χ4v) is 3.94. The van der Waals surface area contributed by atoms with Crippen molar-refractivity contribution in [3.8, 4) is 0 Å². The molecular formula is C17H26N3S+. The standard InChI is InChI=1S/C17H25N3S/c21-17(18-15-7-3-1-4-8-15)20-13-11-19(12-14-20)16-9-5-2-6-10-16/h1,3-4,7-8,16H,2,5-6,9-14H2,(H,18,21)/p+1. The van der Waals surface area contributed by atoms with Crippen LogP contribution in [0.4, 0.5) is 5.69 Å². The Bertz CT molecular complexity index is 448. The van der Waals surface area contributed by atoms with E-state index >= 15 is 0 Å². The van der Waals surface area contributed by atoms with Crippen molar-refractivity contribution < 1.29 is 4.90 Å². The van der Waals surface area contributed by atoms with Gasteiger partial charge < -0.3 is 15.1 Å². The molecule has 1 aromatic carbocycles. The molecule has 1 saturated carbocycles. The molecule has 1 heterocycles. The molecule has 3 rings (SSSR count). The fourth-order valence-electron chi connectivity index (χ4n) is 3.64. The molecule has 1 aromatic rings. The van der Waals surface area contributed by atoms with Gasteiger partial charge in [-0.1, -0.05) is 24.6 Å². The Hall–Kier alpha value is -1.13. The number of para-hydroxylation sites is 1. The van der Waals surface area contributed by atoms with Gasteiger partial charge in [0, 0.05) is 5.69 Å². The van der Waals surface area contributed by atoms with Gasteiger partial charge in [-0.3, -0.25) is 0 Å². The predicted octanol–water partition coefficient (Wildman–Crippen LogP) is 1.92. The highest BCUT2D eigenvalue weighted by molar-refractivity contribution is 7.80. The van der Waals surface area contributed by atoms with Gasteiger partial charge in [-0.2, -0.15) is 0 Å². The summed E-state index contributed by atoms with van der Waals surface area (Å²) < 4.78 is 0. The summed E-state index contributed by atoms with van der Waals surface area (Å²) in [5.41, 5.74) is 1.09. The van der Waals surface area contributed by atoms with E-state index in [9.17, 15) is 0 Å². The first-order chi connectivity index (χ1) is 10.3. The van der Waals surface area contributed by atoms with E-state index in [4.69, 9.17) is 12.2 Å². The number of quaternary nitrogens is 1. The van der Waals surface area contributed by atoms with E-state index in [1.807, 2.05) is 23.1 Å². The molecule has 21 heavy (non-hydrogen) atoms. The van der Waals surface area contributed by atoms with Crippen molar-refractivity contribution in [1.29, 1.82) is 0 Å². The second kappa shape index (κ2) is 7.23. The lowest BCUT2D eigenvalue weighted by Gasteiger charge is -2.38. The van der Waals surface area contributed by atoms with Crippen LogP contribution in [-0.2, 0) is 0 Å². The Morgan fingerprint density at radius 2 is 1.71 bits per heavy atom. The highest BCUT2D eigenvalue weighted by Gasteiger charge is 2.29. The van der Waals surface area contributed by atoms with Gasteiger partial charge in [0.25, 0.3) is 0 Å². The van der Waals surface area contributed by atoms with Crippen molar-refractivity contribution in [2.75, 3.05) is 31.5 Å². The smallest absolute Gasteiger partial charge is 0.173 e. The third kappa shape index (κ3) is 3.95. The third-order valence-corrected chi connectivity index (χ3v) is 5.26. The topological polar surface area (TPSA) is 19.7 Å². The van der Waals surface area contributed by atoms with Crippen molar-refractivity contribution in [2.45, 2.75) is 38.1 Å². The Morgan fingerprint density at radius 1 is 1.05 bits per heavy atom. The Balaban J connectivity index is 1.47. The van der Waals surface area contributed by atoms with Crippen LogP contribution >= 0.6 is 12.2 Å². The summed E-state index contributed by atoms with van der Waals surface area (Å²) in [5.74, 6) is 0. The maximum absolute atomic E-state index is 5.56. The zero-order valence-corrected chi connectivity index (χ0v) is 13.5. The zero-order chi connectivity index (χ0) is 14.5. The quantitative estimate of drug-likeness (QED) is 0.815. The van der Waals surface area contributed by atoms with E-state index in [1.165, 1.54) is 45.2 Å². The van der Waals surface area contributed by atoms with Crippen molar-refractivity contribution in [3.05, 3.63) is 30.3 Å². The lowest BCUT2D eigenvalue weighted by Crippen LogP contribution is -3.18. The summed E-state index contributed by atoms with van der Waals surface area (Å²) in [6, 6.07) is 11.1. The normalized spacial score (nSPS) is 21.2. The van der Waals surface area contributed by atoms with Gasteiger partial charge in [0.05, 0.1) is 32.2 Å². The Morgan fingerprint density at radius 3 is 2.38 bits per heavy atom. The molecule has 1 aliphatic heterocycles. The number of thiocarbonyl (C=S) groups is 1. The predicted molar refractivity (Wildman–Crippen MR) is 91.8 cm³/mol. The van der Waals surface area contributed by atoms with E-state index < -0.39 is 0 Å². The number of hydrogen-bond acceptors (Lipinski definition) is 1. The number of nitrogens with one attached hydrogen (secondary N) is 2. The van der Waals surface area contributed by atoms with Gasteiger partial charge in [-0.15, -0.1) is 0 Å². The monoisotopic (exact) mass is 304 g/mol. The maximum atomic E-state index is 5.56. The first kappa shape index (κ1) is 14.8. The molecule has 0 bridgehead atoms. The number of hydrogen-bond donors (Lipinski definition) is 2. The number of piperazine rings is 1. The molecule has 0 spiro atoms. The zero-order valence-electron chi connectivity index (χ0n) is 12.7. The molecular weight excluding hydrogens is 278 g/mol. The SMILES string of the molecule is S=C(Nc1ccccc1)N1CC[NH+](C2CCCCC2)CC1. The van der Waals surface area contributed by atoms with Crippen LogP contribution in [0.1, 0.15) is 32.1 Å². The van der Waals surface area contributed by atoms with Gasteiger partial charge in [0.15, 0.2) is 5.11 Å². The highest BCUT2D eigenvalue weighted by atomic mass is 32.1. The Labute approximate surface area is 133 Å². The van der Waals surface area contributed by atoms with Crippen LogP contribution in [0.25, 0.3) is 0 Å². The van der Waals surface area contributed by atoms with Gasteiger partial charge >= 0.3 is 0 Å². The van der Waals surface area contributed by atoms with Crippen LogP contribution in [0.2, 0.25) is 0 Å². The average molecular weight is 304 g/mol. The van der Waals surface area contributed by atoms with Crippen LogP contribution in [0.3, 0.4) is 0 Å². The fraction of sp³-hybridized carbons (Fsp3) is 0.588. The van der Waals surface area contributed by atoms with Crippen LogP contribution in [0, 0.1) is 0 Å². The molecule has 0 aromatic heterocycles. The molecule has 114 valence electrons. The molecule has 2 fully saturated rings. The largest absolute Gasteiger partial charge is 0.338 e. The molecule has 2 aliphatic rings. The summed E-state index contributed by atoms with van der Waals surface area (Å²) >= 11 is 5.56. The summed E-state index contributed by atoms with van der Waals surface area (Å²) in [6.45, 7) is 4.65. The van der Waals surface area contributed by atoms with Gasteiger partial charge in [-0.05, 0) is 50.0 Å². The molecule has 3 nitrogen and oxygen atoms in total. The molecule has 1 saturated heterocycles.